The van der Waals surface area contributed by atoms with Crippen molar-refractivity contribution in [3.8, 4) is 0 Å². The van der Waals surface area contributed by atoms with Gasteiger partial charge in [0.25, 0.3) is 0 Å². The average Bonchev–Trinajstić information content (AvgIpc) is 2.80. The highest BCUT2D eigenvalue weighted by molar-refractivity contribution is 6.09. The zero-order chi connectivity index (χ0) is 19.7. The van der Waals surface area contributed by atoms with Gasteiger partial charge in [-0.15, -0.1) is 0 Å². The summed E-state index contributed by atoms with van der Waals surface area (Å²) in [5.41, 5.74) is 1.83. The van der Waals surface area contributed by atoms with Crippen LogP contribution in [0.3, 0.4) is 0 Å². The van der Waals surface area contributed by atoms with Crippen LogP contribution in [0.1, 0.15) is 16.7 Å². The fraction of sp³-hybridized carbons (Fsp3) is 0.0714. The number of benzene rings is 5. The fourth-order valence-electron chi connectivity index (χ4n) is 4.35. The lowest BCUT2D eigenvalue weighted by molar-refractivity contribution is 0.0828. The summed E-state index contributed by atoms with van der Waals surface area (Å²) >= 11 is 0. The maximum atomic E-state index is 12.3. The van der Waals surface area contributed by atoms with Crippen molar-refractivity contribution in [3.05, 3.63) is 132 Å². The van der Waals surface area contributed by atoms with E-state index in [0.29, 0.717) is 6.42 Å². The summed E-state index contributed by atoms with van der Waals surface area (Å²) in [5.74, 6) is 0. The van der Waals surface area contributed by atoms with E-state index in [1.54, 1.807) is 0 Å². The molecule has 0 saturated heterocycles. The predicted molar refractivity (Wildman–Crippen MR) is 121 cm³/mol. The van der Waals surface area contributed by atoms with Crippen LogP contribution < -0.4 is 0 Å². The largest absolute Gasteiger partial charge is 0.380 e. The summed E-state index contributed by atoms with van der Waals surface area (Å²) in [6, 6.07) is 39.2. The van der Waals surface area contributed by atoms with Crippen molar-refractivity contribution in [2.75, 3.05) is 0 Å². The first-order chi connectivity index (χ1) is 14.3. The van der Waals surface area contributed by atoms with Gasteiger partial charge in [0.15, 0.2) is 0 Å². The van der Waals surface area contributed by atoms with Gasteiger partial charge in [0.05, 0.1) is 0 Å². The molecule has 29 heavy (non-hydrogen) atoms. The molecular formula is C28H22O. The number of rotatable bonds is 4. The SMILES string of the molecule is O[C@](Cc1ccccc1)(c1ccccc1)c1cc2ccccc2c2ccccc12. The maximum absolute atomic E-state index is 12.3. The molecule has 0 fully saturated rings. The molecular weight excluding hydrogens is 352 g/mol. The molecule has 0 bridgehead atoms. The summed E-state index contributed by atoms with van der Waals surface area (Å²) in [4.78, 5) is 0. The van der Waals surface area contributed by atoms with Crippen molar-refractivity contribution < 1.29 is 5.11 Å². The lowest BCUT2D eigenvalue weighted by atomic mass is 9.78. The predicted octanol–water partition coefficient (Wildman–Crippen LogP) is 6.47. The molecule has 1 atom stereocenters. The van der Waals surface area contributed by atoms with E-state index < -0.39 is 5.60 Å². The Morgan fingerprint density at radius 1 is 0.552 bits per heavy atom. The smallest absolute Gasteiger partial charge is 0.119 e. The molecule has 0 aliphatic carbocycles. The summed E-state index contributed by atoms with van der Waals surface area (Å²) in [5, 5.41) is 16.9. The quantitative estimate of drug-likeness (QED) is 0.357. The van der Waals surface area contributed by atoms with E-state index in [4.69, 9.17) is 0 Å². The number of aliphatic hydroxyl groups is 1. The molecule has 5 rings (SSSR count). The van der Waals surface area contributed by atoms with E-state index in [1.807, 2.05) is 48.5 Å². The van der Waals surface area contributed by atoms with Crippen molar-refractivity contribution in [3.63, 3.8) is 0 Å². The highest BCUT2D eigenvalue weighted by atomic mass is 16.3. The van der Waals surface area contributed by atoms with Crippen LogP contribution in [0, 0.1) is 0 Å². The van der Waals surface area contributed by atoms with Crippen molar-refractivity contribution >= 4 is 21.5 Å². The van der Waals surface area contributed by atoms with Crippen LogP contribution >= 0.6 is 0 Å². The first kappa shape index (κ1) is 17.7. The Hall–Kier alpha value is -3.42. The van der Waals surface area contributed by atoms with Crippen LogP contribution in [0.25, 0.3) is 21.5 Å². The monoisotopic (exact) mass is 374 g/mol. The fourth-order valence-corrected chi connectivity index (χ4v) is 4.35. The first-order valence-corrected chi connectivity index (χ1v) is 9.98. The van der Waals surface area contributed by atoms with Gasteiger partial charge >= 0.3 is 0 Å². The summed E-state index contributed by atoms with van der Waals surface area (Å²) in [6.45, 7) is 0. The van der Waals surface area contributed by atoms with Crippen LogP contribution in [0.4, 0.5) is 0 Å². The summed E-state index contributed by atoms with van der Waals surface area (Å²) in [6.07, 6.45) is 0.514. The van der Waals surface area contributed by atoms with Gasteiger partial charge in [0, 0.05) is 6.42 Å². The molecule has 0 unspecified atom stereocenters. The van der Waals surface area contributed by atoms with Crippen LogP contribution in [0.15, 0.2) is 115 Å². The summed E-state index contributed by atoms with van der Waals surface area (Å²) < 4.78 is 0. The average molecular weight is 374 g/mol. The van der Waals surface area contributed by atoms with Crippen molar-refractivity contribution in [2.45, 2.75) is 12.0 Å². The van der Waals surface area contributed by atoms with E-state index >= 15 is 0 Å². The van der Waals surface area contributed by atoms with E-state index in [2.05, 4.69) is 66.7 Å². The summed E-state index contributed by atoms with van der Waals surface area (Å²) in [7, 11) is 0. The van der Waals surface area contributed by atoms with E-state index in [1.165, 1.54) is 10.8 Å². The molecule has 5 aromatic carbocycles. The van der Waals surface area contributed by atoms with Gasteiger partial charge in [-0.05, 0) is 44.3 Å². The minimum Gasteiger partial charge on any atom is -0.380 e. The third-order valence-corrected chi connectivity index (χ3v) is 5.77. The topological polar surface area (TPSA) is 20.2 Å². The maximum Gasteiger partial charge on any atom is 0.119 e. The van der Waals surface area contributed by atoms with E-state index in [0.717, 1.165) is 27.5 Å². The third-order valence-electron chi connectivity index (χ3n) is 5.77. The molecule has 0 spiro atoms. The second kappa shape index (κ2) is 7.20. The van der Waals surface area contributed by atoms with Crippen LogP contribution in [0.2, 0.25) is 0 Å². The van der Waals surface area contributed by atoms with Crippen LogP contribution in [0.5, 0.6) is 0 Å². The van der Waals surface area contributed by atoms with E-state index in [9.17, 15) is 5.11 Å². The molecule has 1 nitrogen and oxygen atoms in total. The number of hydrogen-bond donors (Lipinski definition) is 1. The van der Waals surface area contributed by atoms with Gasteiger partial charge in [-0.2, -0.15) is 0 Å². The molecule has 0 saturated carbocycles. The van der Waals surface area contributed by atoms with E-state index in [-0.39, 0.29) is 0 Å². The number of fused-ring (bicyclic) bond motifs is 3. The molecule has 5 aromatic rings. The molecule has 0 aliphatic heterocycles. The van der Waals surface area contributed by atoms with Gasteiger partial charge in [-0.3, -0.25) is 0 Å². The van der Waals surface area contributed by atoms with Gasteiger partial charge in [-0.1, -0.05) is 109 Å². The third kappa shape index (κ3) is 3.10. The van der Waals surface area contributed by atoms with Gasteiger partial charge in [0.1, 0.15) is 5.60 Å². The molecule has 0 heterocycles. The zero-order valence-corrected chi connectivity index (χ0v) is 16.1. The minimum absolute atomic E-state index is 0.514. The molecule has 140 valence electrons. The normalized spacial score (nSPS) is 13.4. The first-order valence-electron chi connectivity index (χ1n) is 9.98. The molecule has 1 N–H and O–H groups in total. The van der Waals surface area contributed by atoms with Gasteiger partial charge < -0.3 is 5.11 Å². The molecule has 0 aliphatic rings. The van der Waals surface area contributed by atoms with Gasteiger partial charge in [0.2, 0.25) is 0 Å². The Labute approximate surface area is 170 Å². The number of hydrogen-bond acceptors (Lipinski definition) is 1. The van der Waals surface area contributed by atoms with Crippen molar-refractivity contribution in [2.24, 2.45) is 0 Å². The Balaban J connectivity index is 1.83. The molecule has 0 aromatic heterocycles. The molecule has 0 amide bonds. The second-order valence-electron chi connectivity index (χ2n) is 7.58. The Morgan fingerprint density at radius 2 is 1.10 bits per heavy atom. The van der Waals surface area contributed by atoms with Crippen molar-refractivity contribution in [1.29, 1.82) is 0 Å². The van der Waals surface area contributed by atoms with Crippen LogP contribution in [-0.2, 0) is 12.0 Å². The molecule has 0 radical (unpaired) electrons. The van der Waals surface area contributed by atoms with Crippen molar-refractivity contribution in [1.82, 2.24) is 0 Å². The zero-order valence-electron chi connectivity index (χ0n) is 16.1. The highest BCUT2D eigenvalue weighted by Gasteiger charge is 2.33. The Bertz CT molecular complexity index is 1280. The lowest BCUT2D eigenvalue weighted by Gasteiger charge is -2.31. The Morgan fingerprint density at radius 3 is 1.83 bits per heavy atom. The Kier molecular flexibility index (Phi) is 4.38. The standard InChI is InChI=1S/C28H22O/c29-28(23-14-5-2-6-15-23,20-21-11-3-1-4-12-21)27-19-22-13-7-8-16-24(22)25-17-9-10-18-26(25)27/h1-19,29H,20H2/t28-/m1/s1. The van der Waals surface area contributed by atoms with Crippen LogP contribution in [-0.4, -0.2) is 5.11 Å². The minimum atomic E-state index is -1.13. The highest BCUT2D eigenvalue weighted by Crippen LogP contribution is 2.40. The lowest BCUT2D eigenvalue weighted by Crippen LogP contribution is -2.30. The van der Waals surface area contributed by atoms with Gasteiger partial charge in [-0.25, -0.2) is 0 Å². The molecule has 1 heteroatoms. The second-order valence-corrected chi connectivity index (χ2v) is 7.58.